The standard InChI is InChI=1S/C20H22BrN3O2/c21-18-12-7-6-11-17(18)20(26)22-14-8-2-5-13-19(25)24-23-15-16-9-3-1-4-10-16/h1,3-4,6-7,9-12,15H,2,5,8,13-14H2,(H,22,26)(H,24,25)/b23-15-. The van der Waals surface area contributed by atoms with Crippen molar-refractivity contribution in [2.75, 3.05) is 6.54 Å². The summed E-state index contributed by atoms with van der Waals surface area (Å²) < 4.78 is 0.783. The summed E-state index contributed by atoms with van der Waals surface area (Å²) >= 11 is 3.37. The fourth-order valence-electron chi connectivity index (χ4n) is 2.30. The molecule has 0 saturated carbocycles. The van der Waals surface area contributed by atoms with Crippen LogP contribution in [0.3, 0.4) is 0 Å². The zero-order valence-electron chi connectivity index (χ0n) is 14.5. The van der Waals surface area contributed by atoms with E-state index in [0.29, 0.717) is 18.5 Å². The molecule has 0 bridgehead atoms. The normalized spacial score (nSPS) is 10.7. The van der Waals surface area contributed by atoms with Crippen molar-refractivity contribution in [2.24, 2.45) is 5.10 Å². The molecule has 0 unspecified atom stereocenters. The molecule has 0 aliphatic rings. The molecule has 2 N–H and O–H groups in total. The average Bonchev–Trinajstić information content (AvgIpc) is 2.65. The molecule has 2 amide bonds. The topological polar surface area (TPSA) is 70.6 Å². The van der Waals surface area contributed by atoms with Gasteiger partial charge in [0.15, 0.2) is 0 Å². The lowest BCUT2D eigenvalue weighted by atomic mass is 10.2. The van der Waals surface area contributed by atoms with Crippen LogP contribution in [0, 0.1) is 0 Å². The number of unbranched alkanes of at least 4 members (excludes halogenated alkanes) is 2. The highest BCUT2D eigenvalue weighted by Crippen LogP contribution is 2.15. The number of rotatable bonds is 9. The number of hydrogen-bond donors (Lipinski definition) is 2. The molecule has 0 aromatic heterocycles. The summed E-state index contributed by atoms with van der Waals surface area (Å²) in [6, 6.07) is 16.9. The van der Waals surface area contributed by atoms with E-state index in [2.05, 4.69) is 31.8 Å². The van der Waals surface area contributed by atoms with E-state index >= 15 is 0 Å². The van der Waals surface area contributed by atoms with Crippen LogP contribution in [0.2, 0.25) is 0 Å². The summed E-state index contributed by atoms with van der Waals surface area (Å²) in [5, 5.41) is 6.82. The molecule has 0 fully saturated rings. The molecule has 0 saturated heterocycles. The number of nitrogens with one attached hydrogen (secondary N) is 2. The monoisotopic (exact) mass is 415 g/mol. The van der Waals surface area contributed by atoms with Crippen molar-refractivity contribution in [3.05, 3.63) is 70.2 Å². The van der Waals surface area contributed by atoms with Crippen molar-refractivity contribution in [3.8, 4) is 0 Å². The first-order valence-corrected chi connectivity index (χ1v) is 9.36. The molecule has 26 heavy (non-hydrogen) atoms. The van der Waals surface area contributed by atoms with Crippen LogP contribution in [0.15, 0.2) is 64.2 Å². The second-order valence-electron chi connectivity index (χ2n) is 5.75. The summed E-state index contributed by atoms with van der Waals surface area (Å²) in [4.78, 5) is 23.7. The van der Waals surface area contributed by atoms with Gasteiger partial charge in [-0.05, 0) is 46.5 Å². The number of hydrazone groups is 1. The van der Waals surface area contributed by atoms with Crippen molar-refractivity contribution in [3.63, 3.8) is 0 Å². The van der Waals surface area contributed by atoms with Crippen LogP contribution in [0.25, 0.3) is 0 Å². The molecular weight excluding hydrogens is 394 g/mol. The van der Waals surface area contributed by atoms with E-state index in [1.165, 1.54) is 0 Å². The van der Waals surface area contributed by atoms with Crippen LogP contribution in [0.4, 0.5) is 0 Å². The summed E-state index contributed by atoms with van der Waals surface area (Å²) in [7, 11) is 0. The van der Waals surface area contributed by atoms with Gasteiger partial charge in [0.05, 0.1) is 11.8 Å². The lowest BCUT2D eigenvalue weighted by Crippen LogP contribution is -2.24. The Kier molecular flexibility index (Phi) is 8.55. The first-order chi connectivity index (χ1) is 12.7. The third kappa shape index (κ3) is 7.19. The van der Waals surface area contributed by atoms with Crippen LogP contribution in [0.1, 0.15) is 41.6 Å². The third-order valence-electron chi connectivity index (χ3n) is 3.69. The van der Waals surface area contributed by atoms with E-state index in [1.54, 1.807) is 12.3 Å². The predicted molar refractivity (Wildman–Crippen MR) is 107 cm³/mol. The first-order valence-electron chi connectivity index (χ1n) is 8.56. The summed E-state index contributed by atoms with van der Waals surface area (Å²) in [6.45, 7) is 0.591. The molecule has 0 atom stereocenters. The fraction of sp³-hybridized carbons (Fsp3) is 0.250. The van der Waals surface area contributed by atoms with Gasteiger partial charge in [0.2, 0.25) is 5.91 Å². The zero-order valence-corrected chi connectivity index (χ0v) is 16.0. The van der Waals surface area contributed by atoms with E-state index in [4.69, 9.17) is 0 Å². The molecule has 0 radical (unpaired) electrons. The van der Waals surface area contributed by atoms with Crippen molar-refractivity contribution in [1.82, 2.24) is 10.7 Å². The highest BCUT2D eigenvalue weighted by atomic mass is 79.9. The maximum Gasteiger partial charge on any atom is 0.252 e. The molecule has 2 aromatic rings. The van der Waals surface area contributed by atoms with Gasteiger partial charge in [0.25, 0.3) is 5.91 Å². The number of hydrogen-bond acceptors (Lipinski definition) is 3. The van der Waals surface area contributed by atoms with Crippen LogP contribution in [-0.4, -0.2) is 24.6 Å². The van der Waals surface area contributed by atoms with Gasteiger partial charge in [-0.1, -0.05) is 48.9 Å². The largest absolute Gasteiger partial charge is 0.352 e. The molecule has 0 spiro atoms. The van der Waals surface area contributed by atoms with Gasteiger partial charge in [-0.2, -0.15) is 5.10 Å². The molecule has 5 nitrogen and oxygen atoms in total. The highest BCUT2D eigenvalue weighted by molar-refractivity contribution is 9.10. The Labute approximate surface area is 162 Å². The van der Waals surface area contributed by atoms with Crippen molar-refractivity contribution in [1.29, 1.82) is 0 Å². The van der Waals surface area contributed by atoms with E-state index < -0.39 is 0 Å². The quantitative estimate of drug-likeness (QED) is 0.370. The van der Waals surface area contributed by atoms with Gasteiger partial charge in [-0.15, -0.1) is 0 Å². The Morgan fingerprint density at radius 2 is 1.69 bits per heavy atom. The number of amides is 2. The summed E-state index contributed by atoms with van der Waals surface area (Å²) in [5.74, 6) is -0.195. The van der Waals surface area contributed by atoms with Gasteiger partial charge >= 0.3 is 0 Å². The Morgan fingerprint density at radius 3 is 2.46 bits per heavy atom. The average molecular weight is 416 g/mol. The molecule has 0 heterocycles. The Morgan fingerprint density at radius 1 is 0.962 bits per heavy atom. The van der Waals surface area contributed by atoms with Crippen LogP contribution in [0.5, 0.6) is 0 Å². The summed E-state index contributed by atoms with van der Waals surface area (Å²) in [6.07, 6.45) is 4.50. The minimum absolute atomic E-state index is 0.0922. The lowest BCUT2D eigenvalue weighted by Gasteiger charge is -2.06. The van der Waals surface area contributed by atoms with Gasteiger partial charge in [0, 0.05) is 17.4 Å². The number of carbonyl (C=O) groups is 2. The fourth-order valence-corrected chi connectivity index (χ4v) is 2.77. The molecular formula is C20H22BrN3O2. The Hall–Kier alpha value is -2.47. The second-order valence-corrected chi connectivity index (χ2v) is 6.60. The molecule has 2 rings (SSSR count). The van der Waals surface area contributed by atoms with Gasteiger partial charge in [-0.3, -0.25) is 9.59 Å². The van der Waals surface area contributed by atoms with E-state index in [-0.39, 0.29) is 11.8 Å². The van der Waals surface area contributed by atoms with Gasteiger partial charge in [0.1, 0.15) is 0 Å². The number of nitrogens with zero attached hydrogens (tertiary/aromatic N) is 1. The maximum atomic E-state index is 12.0. The molecule has 0 aliphatic heterocycles. The van der Waals surface area contributed by atoms with Gasteiger partial charge in [-0.25, -0.2) is 5.43 Å². The van der Waals surface area contributed by atoms with E-state index in [1.807, 2.05) is 48.5 Å². The molecule has 6 heteroatoms. The van der Waals surface area contributed by atoms with E-state index in [0.717, 1.165) is 29.3 Å². The van der Waals surface area contributed by atoms with Crippen LogP contribution >= 0.6 is 15.9 Å². The van der Waals surface area contributed by atoms with Crippen LogP contribution in [-0.2, 0) is 4.79 Å². The van der Waals surface area contributed by atoms with E-state index in [9.17, 15) is 9.59 Å². The molecule has 2 aromatic carbocycles. The second kappa shape index (κ2) is 11.2. The highest BCUT2D eigenvalue weighted by Gasteiger charge is 2.07. The number of halogens is 1. The van der Waals surface area contributed by atoms with Gasteiger partial charge < -0.3 is 5.32 Å². The van der Waals surface area contributed by atoms with Crippen LogP contribution < -0.4 is 10.7 Å². The lowest BCUT2D eigenvalue weighted by molar-refractivity contribution is -0.121. The smallest absolute Gasteiger partial charge is 0.252 e. The molecule has 0 aliphatic carbocycles. The minimum atomic E-state index is -0.102. The first kappa shape index (κ1) is 19.8. The Balaban J connectivity index is 1.55. The Bertz CT molecular complexity index is 748. The minimum Gasteiger partial charge on any atom is -0.352 e. The molecule has 136 valence electrons. The maximum absolute atomic E-state index is 12.0. The number of carbonyl (C=O) groups excluding carboxylic acids is 2. The predicted octanol–water partition coefficient (Wildman–Crippen LogP) is 3.89. The van der Waals surface area contributed by atoms with Crippen molar-refractivity contribution < 1.29 is 9.59 Å². The zero-order chi connectivity index (χ0) is 18.6. The SMILES string of the molecule is O=C(CCCCCNC(=O)c1ccccc1Br)N/N=C\c1ccccc1. The third-order valence-corrected chi connectivity index (χ3v) is 4.38. The summed E-state index contributed by atoms with van der Waals surface area (Å²) in [5.41, 5.74) is 4.09. The van der Waals surface area contributed by atoms with Crippen molar-refractivity contribution in [2.45, 2.75) is 25.7 Å². The van der Waals surface area contributed by atoms with Crippen molar-refractivity contribution >= 4 is 34.0 Å². The number of benzene rings is 2.